The summed E-state index contributed by atoms with van der Waals surface area (Å²) in [6.45, 7) is 0.655. The predicted molar refractivity (Wildman–Crippen MR) is 91.6 cm³/mol. The maximum atomic E-state index is 11.8. The van der Waals surface area contributed by atoms with Gasteiger partial charge in [-0.1, -0.05) is 42.5 Å². The van der Waals surface area contributed by atoms with Crippen LogP contribution in [0.1, 0.15) is 23.1 Å². The summed E-state index contributed by atoms with van der Waals surface area (Å²) in [7, 11) is 1.79. The summed E-state index contributed by atoms with van der Waals surface area (Å²) in [5, 5.41) is 2.75. The number of ether oxygens (including phenoxy) is 1. The van der Waals surface area contributed by atoms with Crippen molar-refractivity contribution in [1.29, 1.82) is 0 Å². The summed E-state index contributed by atoms with van der Waals surface area (Å²) < 4.78 is 5.19. The van der Waals surface area contributed by atoms with Gasteiger partial charge in [0.15, 0.2) is 0 Å². The molecule has 0 atom stereocenters. The number of carbonyl (C=O) groups is 2. The molecule has 0 bridgehead atoms. The Bertz CT molecular complexity index is 744. The zero-order chi connectivity index (χ0) is 16.9. The van der Waals surface area contributed by atoms with Crippen molar-refractivity contribution in [2.75, 3.05) is 11.9 Å². The molecule has 0 unspecified atom stereocenters. The number of aryl methyl sites for hydroxylation is 1. The molecule has 0 saturated heterocycles. The lowest BCUT2D eigenvalue weighted by molar-refractivity contribution is -0.118. The zero-order valence-corrected chi connectivity index (χ0v) is 13.6. The Labute approximate surface area is 141 Å². The highest BCUT2D eigenvalue weighted by atomic mass is 16.5. The summed E-state index contributed by atoms with van der Waals surface area (Å²) in [5.41, 5.74) is 4.03. The average molecular weight is 324 g/mol. The monoisotopic (exact) mass is 324 g/mol. The molecule has 1 aliphatic heterocycles. The third kappa shape index (κ3) is 3.74. The van der Waals surface area contributed by atoms with Gasteiger partial charge >= 0.3 is 6.09 Å². The fourth-order valence-electron chi connectivity index (χ4n) is 2.77. The van der Waals surface area contributed by atoms with Crippen LogP contribution in [0.5, 0.6) is 0 Å². The highest BCUT2D eigenvalue weighted by Crippen LogP contribution is 2.27. The molecule has 1 aliphatic rings. The van der Waals surface area contributed by atoms with E-state index in [4.69, 9.17) is 4.74 Å². The Kier molecular flexibility index (Phi) is 4.79. The van der Waals surface area contributed by atoms with Crippen LogP contribution in [-0.2, 0) is 29.1 Å². The van der Waals surface area contributed by atoms with Crippen LogP contribution in [0.2, 0.25) is 0 Å². The first-order valence-corrected chi connectivity index (χ1v) is 7.96. The largest absolute Gasteiger partial charge is 0.445 e. The van der Waals surface area contributed by atoms with Crippen molar-refractivity contribution in [3.05, 3.63) is 65.2 Å². The van der Waals surface area contributed by atoms with Gasteiger partial charge in [0.25, 0.3) is 0 Å². The standard InChI is InChI=1S/C19H20N2O3/c1-21-17-9-7-15(11-16(17)8-10-18(21)22)12-20-19(23)24-13-14-5-3-2-4-6-14/h2-7,9,11H,8,10,12-13H2,1H3,(H,20,23). The topological polar surface area (TPSA) is 58.6 Å². The molecule has 0 spiro atoms. The Morgan fingerprint density at radius 1 is 1.12 bits per heavy atom. The van der Waals surface area contributed by atoms with Gasteiger partial charge in [-0.15, -0.1) is 0 Å². The van der Waals surface area contributed by atoms with Crippen molar-refractivity contribution < 1.29 is 14.3 Å². The summed E-state index contributed by atoms with van der Waals surface area (Å²) in [5.74, 6) is 0.137. The number of hydrogen-bond acceptors (Lipinski definition) is 3. The van der Waals surface area contributed by atoms with Crippen LogP contribution in [0.4, 0.5) is 10.5 Å². The second-order valence-corrected chi connectivity index (χ2v) is 5.83. The maximum Gasteiger partial charge on any atom is 0.407 e. The molecule has 2 amide bonds. The minimum absolute atomic E-state index is 0.137. The molecule has 0 fully saturated rings. The first kappa shape index (κ1) is 16.1. The molecule has 0 radical (unpaired) electrons. The summed E-state index contributed by atoms with van der Waals surface area (Å²) >= 11 is 0. The lowest BCUT2D eigenvalue weighted by Gasteiger charge is -2.26. The second-order valence-electron chi connectivity index (χ2n) is 5.83. The molecule has 2 aromatic rings. The normalized spacial score (nSPS) is 13.4. The van der Waals surface area contributed by atoms with E-state index in [9.17, 15) is 9.59 Å². The number of nitrogens with one attached hydrogen (secondary N) is 1. The molecule has 0 saturated carbocycles. The van der Waals surface area contributed by atoms with E-state index in [0.717, 1.165) is 28.8 Å². The summed E-state index contributed by atoms with van der Waals surface area (Å²) in [6.07, 6.45) is 0.827. The van der Waals surface area contributed by atoms with E-state index < -0.39 is 6.09 Å². The van der Waals surface area contributed by atoms with Gasteiger partial charge in [-0.25, -0.2) is 4.79 Å². The van der Waals surface area contributed by atoms with Gasteiger partial charge in [-0.3, -0.25) is 4.79 Å². The van der Waals surface area contributed by atoms with E-state index in [1.807, 2.05) is 48.5 Å². The van der Waals surface area contributed by atoms with Crippen LogP contribution >= 0.6 is 0 Å². The molecule has 5 heteroatoms. The van der Waals surface area contributed by atoms with Crippen molar-refractivity contribution in [2.24, 2.45) is 0 Å². The molecule has 2 aromatic carbocycles. The van der Waals surface area contributed by atoms with E-state index in [2.05, 4.69) is 5.32 Å². The highest BCUT2D eigenvalue weighted by Gasteiger charge is 2.20. The van der Waals surface area contributed by atoms with Gasteiger partial charge in [-0.2, -0.15) is 0 Å². The molecular weight excluding hydrogens is 304 g/mol. The molecule has 3 rings (SSSR count). The Balaban J connectivity index is 1.53. The van der Waals surface area contributed by atoms with Crippen LogP contribution in [0.25, 0.3) is 0 Å². The number of amides is 2. The van der Waals surface area contributed by atoms with Gasteiger partial charge in [0.2, 0.25) is 5.91 Å². The van der Waals surface area contributed by atoms with Crippen LogP contribution in [0.3, 0.4) is 0 Å². The SMILES string of the molecule is CN1C(=O)CCc2cc(CNC(=O)OCc3ccccc3)ccc21. The molecule has 24 heavy (non-hydrogen) atoms. The number of fused-ring (bicyclic) bond motifs is 1. The fraction of sp³-hybridized carbons (Fsp3) is 0.263. The van der Waals surface area contributed by atoms with Crippen LogP contribution in [-0.4, -0.2) is 19.0 Å². The van der Waals surface area contributed by atoms with Crippen LogP contribution in [0, 0.1) is 0 Å². The van der Waals surface area contributed by atoms with E-state index in [1.54, 1.807) is 11.9 Å². The van der Waals surface area contributed by atoms with E-state index in [-0.39, 0.29) is 12.5 Å². The van der Waals surface area contributed by atoms with Gasteiger partial charge in [0.1, 0.15) is 6.61 Å². The van der Waals surface area contributed by atoms with Crippen molar-refractivity contribution in [3.63, 3.8) is 0 Å². The number of carbonyl (C=O) groups excluding carboxylic acids is 2. The van der Waals surface area contributed by atoms with Crippen molar-refractivity contribution >= 4 is 17.7 Å². The molecule has 5 nitrogen and oxygen atoms in total. The van der Waals surface area contributed by atoms with Crippen LogP contribution in [0.15, 0.2) is 48.5 Å². The number of nitrogens with zero attached hydrogens (tertiary/aromatic N) is 1. The Morgan fingerprint density at radius 2 is 1.92 bits per heavy atom. The predicted octanol–water partition coefficient (Wildman–Crippen LogP) is 3.02. The quantitative estimate of drug-likeness (QED) is 0.940. The summed E-state index contributed by atoms with van der Waals surface area (Å²) in [6, 6.07) is 15.4. The highest BCUT2D eigenvalue weighted by molar-refractivity contribution is 5.95. The summed E-state index contributed by atoms with van der Waals surface area (Å²) in [4.78, 5) is 25.2. The number of anilines is 1. The van der Waals surface area contributed by atoms with Gasteiger partial charge in [0.05, 0.1) is 0 Å². The van der Waals surface area contributed by atoms with Gasteiger partial charge in [0, 0.05) is 25.7 Å². The zero-order valence-electron chi connectivity index (χ0n) is 13.6. The molecule has 1 N–H and O–H groups in total. The fourth-order valence-corrected chi connectivity index (χ4v) is 2.77. The van der Waals surface area contributed by atoms with Gasteiger partial charge < -0.3 is 15.0 Å². The van der Waals surface area contributed by atoms with E-state index in [0.29, 0.717) is 13.0 Å². The molecule has 124 valence electrons. The number of alkyl carbamates (subject to hydrolysis) is 1. The number of hydrogen-bond donors (Lipinski definition) is 1. The molecule has 1 heterocycles. The maximum absolute atomic E-state index is 11.8. The number of benzene rings is 2. The third-order valence-electron chi connectivity index (χ3n) is 4.14. The molecule has 0 aromatic heterocycles. The minimum atomic E-state index is -0.441. The molecular formula is C19H20N2O3. The van der Waals surface area contributed by atoms with E-state index >= 15 is 0 Å². The first-order valence-electron chi connectivity index (χ1n) is 7.96. The second kappa shape index (κ2) is 7.17. The van der Waals surface area contributed by atoms with Gasteiger partial charge in [-0.05, 0) is 29.2 Å². The van der Waals surface area contributed by atoms with Crippen molar-refractivity contribution in [3.8, 4) is 0 Å². The smallest absolute Gasteiger partial charge is 0.407 e. The minimum Gasteiger partial charge on any atom is -0.445 e. The van der Waals surface area contributed by atoms with Crippen molar-refractivity contribution in [2.45, 2.75) is 26.0 Å². The molecule has 0 aliphatic carbocycles. The number of rotatable bonds is 4. The first-order chi connectivity index (χ1) is 11.6. The van der Waals surface area contributed by atoms with Crippen LogP contribution < -0.4 is 10.2 Å². The Hall–Kier alpha value is -2.82. The lowest BCUT2D eigenvalue weighted by Crippen LogP contribution is -2.31. The average Bonchev–Trinajstić information content (AvgIpc) is 2.62. The van der Waals surface area contributed by atoms with Crippen molar-refractivity contribution in [1.82, 2.24) is 5.32 Å². The van der Waals surface area contributed by atoms with E-state index in [1.165, 1.54) is 0 Å². The Morgan fingerprint density at radius 3 is 2.71 bits per heavy atom. The third-order valence-corrected chi connectivity index (χ3v) is 4.14. The lowest BCUT2D eigenvalue weighted by atomic mass is 9.99.